The van der Waals surface area contributed by atoms with Crippen LogP contribution in [0.2, 0.25) is 0 Å². The molecule has 0 unspecified atom stereocenters. The summed E-state index contributed by atoms with van der Waals surface area (Å²) < 4.78 is 0. The first-order valence-corrected chi connectivity index (χ1v) is 3.91. The van der Waals surface area contributed by atoms with Gasteiger partial charge in [0, 0.05) is 11.8 Å². The Balaban J connectivity index is 3.63. The van der Waals surface area contributed by atoms with E-state index < -0.39 is 17.1 Å². The molecule has 0 fully saturated rings. The summed E-state index contributed by atoms with van der Waals surface area (Å²) in [6, 6.07) is -0.832. The van der Waals surface area contributed by atoms with Gasteiger partial charge in [0.2, 0.25) is 6.04 Å². The fourth-order valence-electron chi connectivity index (χ4n) is 0.795. The van der Waals surface area contributed by atoms with Gasteiger partial charge in [-0.3, -0.25) is 10.1 Å². The molecule has 0 radical (unpaired) electrons. The summed E-state index contributed by atoms with van der Waals surface area (Å²) >= 11 is 0. The lowest BCUT2D eigenvalue weighted by atomic mass is 10.1. The molecule has 0 aromatic rings. The second kappa shape index (κ2) is 5.07. The Labute approximate surface area is 66.4 Å². The number of hydrogen-bond acceptors (Lipinski definition) is 3. The maximum absolute atomic E-state index is 10.1. The van der Waals surface area contributed by atoms with Crippen LogP contribution in [0.3, 0.4) is 0 Å². The Bertz CT molecular complexity index is 127. The monoisotopic (exact) mass is 161 g/mol. The Morgan fingerprint density at radius 1 is 1.64 bits per heavy atom. The highest BCUT2D eigenvalue weighted by atomic mass is 16.6. The van der Waals surface area contributed by atoms with E-state index in [9.17, 15) is 15.2 Å². The zero-order chi connectivity index (χ0) is 8.85. The van der Waals surface area contributed by atoms with Crippen LogP contribution < -0.4 is 0 Å². The van der Waals surface area contributed by atoms with Crippen LogP contribution >= 0.6 is 0 Å². The van der Waals surface area contributed by atoms with Gasteiger partial charge in [0.05, 0.1) is 0 Å². The summed E-state index contributed by atoms with van der Waals surface area (Å²) in [6.07, 6.45) is 1.55. The second-order valence-electron chi connectivity index (χ2n) is 2.74. The Kier molecular flexibility index (Phi) is 4.77. The molecule has 0 saturated carbocycles. The van der Waals surface area contributed by atoms with E-state index in [2.05, 4.69) is 0 Å². The number of nitrogens with zero attached hydrogens (tertiary/aromatic N) is 1. The molecule has 0 aliphatic heterocycles. The summed E-state index contributed by atoms with van der Waals surface area (Å²) in [4.78, 5) is 9.71. The minimum atomic E-state index is -0.832. The summed E-state index contributed by atoms with van der Waals surface area (Å²) in [6.45, 7) is 3.42. The lowest BCUT2D eigenvalue weighted by Crippen LogP contribution is -2.30. The van der Waals surface area contributed by atoms with Gasteiger partial charge in [-0.2, -0.15) is 0 Å². The molecule has 4 heteroatoms. The third-order valence-electron chi connectivity index (χ3n) is 1.74. The molecule has 0 rings (SSSR count). The number of rotatable bonds is 5. The van der Waals surface area contributed by atoms with Gasteiger partial charge in [-0.05, 0) is 6.42 Å². The zero-order valence-corrected chi connectivity index (χ0v) is 6.99. The third-order valence-corrected chi connectivity index (χ3v) is 1.74. The van der Waals surface area contributed by atoms with Crippen molar-refractivity contribution in [2.75, 3.05) is 0 Å². The van der Waals surface area contributed by atoms with Crippen LogP contribution in [0.15, 0.2) is 0 Å². The number of aliphatic hydroxyl groups excluding tert-OH is 1. The summed E-state index contributed by atoms with van der Waals surface area (Å²) in [5, 5.41) is 19.3. The predicted octanol–water partition coefficient (Wildman–Crippen LogP) is 1.20. The second-order valence-corrected chi connectivity index (χ2v) is 2.74. The van der Waals surface area contributed by atoms with Crippen LogP contribution in [0.1, 0.15) is 33.1 Å². The van der Waals surface area contributed by atoms with Gasteiger partial charge in [-0.25, -0.2) is 0 Å². The van der Waals surface area contributed by atoms with Crippen molar-refractivity contribution in [2.45, 2.75) is 45.3 Å². The van der Waals surface area contributed by atoms with E-state index in [1.807, 2.05) is 6.92 Å². The molecule has 0 saturated heterocycles. The van der Waals surface area contributed by atoms with E-state index in [0.717, 1.165) is 12.8 Å². The van der Waals surface area contributed by atoms with Gasteiger partial charge in [-0.15, -0.1) is 0 Å². The molecule has 0 bridgehead atoms. The van der Waals surface area contributed by atoms with Crippen molar-refractivity contribution in [3.05, 3.63) is 10.1 Å². The standard InChI is InChI=1S/C7H15NO3/c1-3-4-5-7(9)6(2)8(10)11/h6-7,9H,3-5H2,1-2H3/t6-,7-/m1/s1. The minimum absolute atomic E-state index is 0.444. The van der Waals surface area contributed by atoms with E-state index >= 15 is 0 Å². The topological polar surface area (TPSA) is 63.4 Å². The highest BCUT2D eigenvalue weighted by molar-refractivity contribution is 4.62. The fraction of sp³-hybridized carbons (Fsp3) is 1.00. The molecule has 1 N–H and O–H groups in total. The lowest BCUT2D eigenvalue weighted by molar-refractivity contribution is -0.530. The fourth-order valence-corrected chi connectivity index (χ4v) is 0.795. The SMILES string of the molecule is CCCC[C@@H](O)[C@@H](C)[N+](=O)[O-]. The normalized spacial score (nSPS) is 15.9. The van der Waals surface area contributed by atoms with E-state index in [1.54, 1.807) is 0 Å². The van der Waals surface area contributed by atoms with Crippen LogP contribution in [-0.4, -0.2) is 22.2 Å². The van der Waals surface area contributed by atoms with E-state index in [4.69, 9.17) is 0 Å². The maximum Gasteiger partial charge on any atom is 0.235 e. The Morgan fingerprint density at radius 2 is 2.18 bits per heavy atom. The van der Waals surface area contributed by atoms with Gasteiger partial charge in [0.15, 0.2) is 0 Å². The minimum Gasteiger partial charge on any atom is -0.386 e. The van der Waals surface area contributed by atoms with Crippen molar-refractivity contribution >= 4 is 0 Å². The first-order valence-electron chi connectivity index (χ1n) is 3.91. The van der Waals surface area contributed by atoms with Crippen LogP contribution in [-0.2, 0) is 0 Å². The molecule has 2 atom stereocenters. The summed E-state index contributed by atoms with van der Waals surface area (Å²) in [5.41, 5.74) is 0. The van der Waals surface area contributed by atoms with Crippen molar-refractivity contribution < 1.29 is 10.0 Å². The largest absolute Gasteiger partial charge is 0.386 e. The average molecular weight is 161 g/mol. The summed E-state index contributed by atoms with van der Waals surface area (Å²) in [7, 11) is 0. The molecule has 66 valence electrons. The maximum atomic E-state index is 10.1. The van der Waals surface area contributed by atoms with Gasteiger partial charge >= 0.3 is 0 Å². The van der Waals surface area contributed by atoms with Crippen molar-refractivity contribution in [2.24, 2.45) is 0 Å². The van der Waals surface area contributed by atoms with Crippen LogP contribution in [0.4, 0.5) is 0 Å². The highest BCUT2D eigenvalue weighted by Gasteiger charge is 2.22. The molecule has 0 aliphatic rings. The molecular formula is C7H15NO3. The molecule has 0 spiro atoms. The van der Waals surface area contributed by atoms with E-state index in [1.165, 1.54) is 6.92 Å². The molecule has 11 heavy (non-hydrogen) atoms. The first-order chi connectivity index (χ1) is 5.09. The van der Waals surface area contributed by atoms with Gasteiger partial charge in [0.25, 0.3) is 0 Å². The van der Waals surface area contributed by atoms with Crippen molar-refractivity contribution in [1.82, 2.24) is 0 Å². The van der Waals surface area contributed by atoms with Crippen LogP contribution in [0.25, 0.3) is 0 Å². The molecular weight excluding hydrogens is 146 g/mol. The van der Waals surface area contributed by atoms with Crippen LogP contribution in [0.5, 0.6) is 0 Å². The molecule has 0 amide bonds. The molecule has 0 aromatic heterocycles. The Morgan fingerprint density at radius 3 is 2.55 bits per heavy atom. The molecule has 0 aliphatic carbocycles. The van der Waals surface area contributed by atoms with Crippen LogP contribution in [0, 0.1) is 10.1 Å². The number of nitro groups is 1. The number of hydrogen-bond donors (Lipinski definition) is 1. The average Bonchev–Trinajstić information content (AvgIpc) is 1.98. The first kappa shape index (κ1) is 10.4. The smallest absolute Gasteiger partial charge is 0.235 e. The zero-order valence-electron chi connectivity index (χ0n) is 6.99. The predicted molar refractivity (Wildman–Crippen MR) is 42.0 cm³/mol. The molecule has 0 aromatic carbocycles. The van der Waals surface area contributed by atoms with E-state index in [0.29, 0.717) is 6.42 Å². The third kappa shape index (κ3) is 3.93. The number of aliphatic hydroxyl groups is 1. The Hall–Kier alpha value is -0.640. The van der Waals surface area contributed by atoms with E-state index in [-0.39, 0.29) is 0 Å². The summed E-state index contributed by atoms with van der Waals surface area (Å²) in [5.74, 6) is 0. The van der Waals surface area contributed by atoms with Crippen molar-refractivity contribution in [3.63, 3.8) is 0 Å². The van der Waals surface area contributed by atoms with Gasteiger partial charge in [-0.1, -0.05) is 19.8 Å². The molecule has 0 heterocycles. The van der Waals surface area contributed by atoms with Crippen molar-refractivity contribution in [1.29, 1.82) is 0 Å². The van der Waals surface area contributed by atoms with Gasteiger partial charge in [0.1, 0.15) is 6.10 Å². The van der Waals surface area contributed by atoms with Gasteiger partial charge < -0.3 is 5.11 Å². The van der Waals surface area contributed by atoms with Crippen molar-refractivity contribution in [3.8, 4) is 0 Å². The lowest BCUT2D eigenvalue weighted by Gasteiger charge is -2.10. The molecule has 4 nitrogen and oxygen atoms in total. The quantitative estimate of drug-likeness (QED) is 0.486. The highest BCUT2D eigenvalue weighted by Crippen LogP contribution is 2.06. The number of unbranched alkanes of at least 4 members (excludes halogenated alkanes) is 1.